The molecule has 0 saturated carbocycles. The van der Waals surface area contributed by atoms with Gasteiger partial charge in [-0.1, -0.05) is 12.1 Å². The van der Waals surface area contributed by atoms with Gasteiger partial charge in [-0.3, -0.25) is 0 Å². The van der Waals surface area contributed by atoms with Gasteiger partial charge in [-0.15, -0.1) is 10.2 Å². The molecule has 0 amide bonds. The van der Waals surface area contributed by atoms with Crippen LogP contribution < -0.4 is 5.32 Å². The average molecular weight is 263 g/mol. The summed E-state index contributed by atoms with van der Waals surface area (Å²) < 4.78 is 0. The molecule has 0 atom stereocenters. The maximum absolute atomic E-state index is 9.09. The zero-order chi connectivity index (χ0) is 14.6. The highest BCUT2D eigenvalue weighted by Gasteiger charge is 2.19. The largest absolute Gasteiger partial charge is 0.339 e. The van der Waals surface area contributed by atoms with E-state index in [0.717, 1.165) is 11.3 Å². The van der Waals surface area contributed by atoms with E-state index in [1.165, 1.54) is 0 Å². The van der Waals surface area contributed by atoms with Crippen molar-refractivity contribution in [2.75, 3.05) is 5.32 Å². The van der Waals surface area contributed by atoms with E-state index in [9.17, 15) is 0 Å². The monoisotopic (exact) mass is 263 g/mol. The number of hydrogen-bond donors (Lipinski definition) is 1. The number of nitrogens with one attached hydrogen (secondary N) is 1. The average Bonchev–Trinajstić information content (AvgIpc) is 2.48. The fourth-order valence-corrected chi connectivity index (χ4v) is 1.64. The number of nitriles is 2. The summed E-state index contributed by atoms with van der Waals surface area (Å²) in [4.78, 5) is 0. The molecule has 0 saturated heterocycles. The first-order valence-electron chi connectivity index (χ1n) is 6.08. The van der Waals surface area contributed by atoms with Crippen LogP contribution in [0.25, 0.3) is 0 Å². The van der Waals surface area contributed by atoms with Crippen LogP contribution >= 0.6 is 0 Å². The molecule has 2 aromatic rings. The predicted octanol–water partition coefficient (Wildman–Crippen LogP) is 2.89. The molecule has 98 valence electrons. The summed E-state index contributed by atoms with van der Waals surface area (Å²) >= 11 is 0. The second kappa shape index (κ2) is 5.38. The second-order valence-electron chi connectivity index (χ2n) is 4.85. The van der Waals surface area contributed by atoms with Crippen molar-refractivity contribution >= 4 is 11.5 Å². The van der Waals surface area contributed by atoms with Crippen LogP contribution in [0.15, 0.2) is 36.4 Å². The standard InChI is InChI=1S/C15H13N5/c1-15(2,10-17)11-3-5-12(6-4-11)18-14-8-7-13(9-16)19-20-14/h3-8H,1-2H3,(H,18,20). The number of hydrogen-bond acceptors (Lipinski definition) is 5. The normalized spacial score (nSPS) is 10.4. The summed E-state index contributed by atoms with van der Waals surface area (Å²) in [6, 6.07) is 15.1. The van der Waals surface area contributed by atoms with Crippen LogP contribution in [0.3, 0.4) is 0 Å². The molecule has 0 spiro atoms. The SMILES string of the molecule is CC(C)(C#N)c1ccc(Nc2ccc(C#N)nn2)cc1. The van der Waals surface area contributed by atoms with E-state index < -0.39 is 5.41 Å². The van der Waals surface area contributed by atoms with Crippen LogP contribution in [0.5, 0.6) is 0 Å². The Labute approximate surface area is 117 Å². The van der Waals surface area contributed by atoms with Gasteiger partial charge in [-0.25, -0.2) is 0 Å². The third-order valence-electron chi connectivity index (χ3n) is 2.94. The van der Waals surface area contributed by atoms with Crippen molar-refractivity contribution in [1.29, 1.82) is 10.5 Å². The zero-order valence-corrected chi connectivity index (χ0v) is 11.3. The molecule has 20 heavy (non-hydrogen) atoms. The molecule has 0 unspecified atom stereocenters. The molecule has 0 aliphatic heterocycles. The lowest BCUT2D eigenvalue weighted by Gasteiger charge is -2.16. The predicted molar refractivity (Wildman–Crippen MR) is 75.1 cm³/mol. The van der Waals surface area contributed by atoms with E-state index in [0.29, 0.717) is 5.82 Å². The maximum atomic E-state index is 9.09. The lowest BCUT2D eigenvalue weighted by atomic mass is 9.86. The number of anilines is 2. The molecule has 1 heterocycles. The Balaban J connectivity index is 2.15. The van der Waals surface area contributed by atoms with E-state index in [2.05, 4.69) is 21.6 Å². The summed E-state index contributed by atoms with van der Waals surface area (Å²) in [7, 11) is 0. The number of nitrogens with zero attached hydrogens (tertiary/aromatic N) is 4. The molecule has 5 heteroatoms. The first kappa shape index (κ1) is 13.5. The van der Waals surface area contributed by atoms with Crippen molar-refractivity contribution in [2.24, 2.45) is 0 Å². The summed E-state index contributed by atoms with van der Waals surface area (Å²) in [5.74, 6) is 0.566. The second-order valence-corrected chi connectivity index (χ2v) is 4.85. The Hall–Kier alpha value is -2.92. The minimum atomic E-state index is -0.507. The van der Waals surface area contributed by atoms with Crippen molar-refractivity contribution < 1.29 is 0 Å². The van der Waals surface area contributed by atoms with Crippen LogP contribution in [0.1, 0.15) is 25.1 Å². The van der Waals surface area contributed by atoms with Gasteiger partial charge in [0.05, 0.1) is 11.5 Å². The quantitative estimate of drug-likeness (QED) is 0.920. The fourth-order valence-electron chi connectivity index (χ4n) is 1.64. The van der Waals surface area contributed by atoms with Gasteiger partial charge in [-0.2, -0.15) is 10.5 Å². The van der Waals surface area contributed by atoms with E-state index in [1.54, 1.807) is 12.1 Å². The van der Waals surface area contributed by atoms with Gasteiger partial charge in [0, 0.05) is 5.69 Å². The summed E-state index contributed by atoms with van der Waals surface area (Å²) in [6.45, 7) is 3.75. The van der Waals surface area contributed by atoms with Crippen molar-refractivity contribution in [3.63, 3.8) is 0 Å². The van der Waals surface area contributed by atoms with Crippen LogP contribution in [0.4, 0.5) is 11.5 Å². The molecular weight excluding hydrogens is 250 g/mol. The Bertz CT molecular complexity index is 672. The molecule has 1 aromatic heterocycles. The van der Waals surface area contributed by atoms with E-state index in [1.807, 2.05) is 44.2 Å². The first-order chi connectivity index (χ1) is 9.55. The first-order valence-corrected chi connectivity index (χ1v) is 6.08. The Morgan fingerprint density at radius 1 is 1.00 bits per heavy atom. The van der Waals surface area contributed by atoms with Gasteiger partial charge in [0.1, 0.15) is 6.07 Å². The number of rotatable bonds is 3. The lowest BCUT2D eigenvalue weighted by Crippen LogP contribution is -2.13. The summed E-state index contributed by atoms with van der Waals surface area (Å²) in [6.07, 6.45) is 0. The smallest absolute Gasteiger partial charge is 0.163 e. The molecule has 0 radical (unpaired) electrons. The highest BCUT2D eigenvalue weighted by molar-refractivity contribution is 5.56. The molecule has 1 N–H and O–H groups in total. The van der Waals surface area contributed by atoms with E-state index >= 15 is 0 Å². The van der Waals surface area contributed by atoms with Gasteiger partial charge >= 0.3 is 0 Å². The molecule has 0 fully saturated rings. The Morgan fingerprint density at radius 3 is 2.20 bits per heavy atom. The minimum absolute atomic E-state index is 0.279. The van der Waals surface area contributed by atoms with Crippen LogP contribution in [0.2, 0.25) is 0 Å². The van der Waals surface area contributed by atoms with Gasteiger partial charge in [0.25, 0.3) is 0 Å². The molecule has 5 nitrogen and oxygen atoms in total. The third-order valence-corrected chi connectivity index (χ3v) is 2.94. The maximum Gasteiger partial charge on any atom is 0.163 e. The van der Waals surface area contributed by atoms with E-state index in [4.69, 9.17) is 10.5 Å². The van der Waals surface area contributed by atoms with E-state index in [-0.39, 0.29) is 5.69 Å². The third kappa shape index (κ3) is 2.90. The highest BCUT2D eigenvalue weighted by atomic mass is 15.2. The van der Waals surface area contributed by atoms with Crippen molar-refractivity contribution in [3.05, 3.63) is 47.7 Å². The van der Waals surface area contributed by atoms with Crippen LogP contribution in [-0.4, -0.2) is 10.2 Å². The van der Waals surface area contributed by atoms with Gasteiger partial charge < -0.3 is 5.32 Å². The van der Waals surface area contributed by atoms with Crippen LogP contribution in [-0.2, 0) is 5.41 Å². The number of benzene rings is 1. The topological polar surface area (TPSA) is 85.4 Å². The Morgan fingerprint density at radius 2 is 1.70 bits per heavy atom. The molecular formula is C15H13N5. The molecule has 0 aliphatic rings. The van der Waals surface area contributed by atoms with Gasteiger partial charge in [0.2, 0.25) is 0 Å². The van der Waals surface area contributed by atoms with Gasteiger partial charge in [0.15, 0.2) is 11.5 Å². The zero-order valence-electron chi connectivity index (χ0n) is 11.3. The summed E-state index contributed by atoms with van der Waals surface area (Å²) in [5, 5.41) is 28.5. The lowest BCUT2D eigenvalue weighted by molar-refractivity contribution is 0.687. The molecule has 2 rings (SSSR count). The van der Waals surface area contributed by atoms with Crippen molar-refractivity contribution in [3.8, 4) is 12.1 Å². The molecule has 0 aliphatic carbocycles. The fraction of sp³-hybridized carbons (Fsp3) is 0.200. The van der Waals surface area contributed by atoms with Crippen LogP contribution in [0, 0.1) is 22.7 Å². The Kier molecular flexibility index (Phi) is 3.63. The van der Waals surface area contributed by atoms with Gasteiger partial charge in [-0.05, 0) is 43.7 Å². The highest BCUT2D eigenvalue weighted by Crippen LogP contribution is 2.24. The number of aromatic nitrogens is 2. The summed E-state index contributed by atoms with van der Waals surface area (Å²) in [5.41, 5.74) is 1.58. The molecule has 1 aromatic carbocycles. The molecule has 0 bridgehead atoms. The minimum Gasteiger partial charge on any atom is -0.339 e. The van der Waals surface area contributed by atoms with Crippen molar-refractivity contribution in [2.45, 2.75) is 19.3 Å². The van der Waals surface area contributed by atoms with Crippen molar-refractivity contribution in [1.82, 2.24) is 10.2 Å².